The molecular weight excluding hydrogens is 284 g/mol. The molecule has 0 aromatic heterocycles. The zero-order valence-electron chi connectivity index (χ0n) is 13.2. The van der Waals surface area contributed by atoms with E-state index in [2.05, 4.69) is 10.6 Å². The number of hydrogen-bond acceptors (Lipinski definition) is 4. The maximum Gasteiger partial charge on any atom is 0.340 e. The van der Waals surface area contributed by atoms with Gasteiger partial charge < -0.3 is 20.1 Å². The molecule has 1 rings (SSSR count). The Kier molecular flexibility index (Phi) is 8.67. The molecule has 1 aromatic carbocycles. The average molecular weight is 308 g/mol. The van der Waals surface area contributed by atoms with Gasteiger partial charge in [0.25, 0.3) is 0 Å². The Bertz CT molecular complexity index is 477. The van der Waals surface area contributed by atoms with Crippen LogP contribution in [0, 0.1) is 0 Å². The average Bonchev–Trinajstić information content (AvgIpc) is 2.51. The van der Waals surface area contributed by atoms with Gasteiger partial charge in [-0.1, -0.05) is 19.1 Å². The summed E-state index contributed by atoms with van der Waals surface area (Å²) in [4.78, 5) is 23.6. The maximum absolute atomic E-state index is 11.8. The van der Waals surface area contributed by atoms with Crippen LogP contribution in [0.5, 0.6) is 0 Å². The van der Waals surface area contributed by atoms with Crippen molar-refractivity contribution in [2.24, 2.45) is 0 Å². The lowest BCUT2D eigenvalue weighted by molar-refractivity contribution is 0.0527. The first kappa shape index (κ1) is 18.0. The molecular formula is C16H24N2O4. The van der Waals surface area contributed by atoms with Crippen molar-refractivity contribution in [3.8, 4) is 0 Å². The third kappa shape index (κ3) is 6.58. The van der Waals surface area contributed by atoms with Crippen molar-refractivity contribution in [3.05, 3.63) is 29.8 Å². The van der Waals surface area contributed by atoms with E-state index in [0.717, 1.165) is 19.4 Å². The van der Waals surface area contributed by atoms with Gasteiger partial charge in [0.1, 0.15) is 0 Å². The highest BCUT2D eigenvalue weighted by Crippen LogP contribution is 2.16. The van der Waals surface area contributed by atoms with Crippen LogP contribution in [0.4, 0.5) is 10.5 Å². The predicted molar refractivity (Wildman–Crippen MR) is 85.1 cm³/mol. The number of amides is 2. The zero-order valence-corrected chi connectivity index (χ0v) is 13.2. The van der Waals surface area contributed by atoms with Crippen LogP contribution < -0.4 is 10.6 Å². The van der Waals surface area contributed by atoms with Gasteiger partial charge in [0.2, 0.25) is 0 Å². The van der Waals surface area contributed by atoms with E-state index >= 15 is 0 Å². The first-order valence-corrected chi connectivity index (χ1v) is 7.57. The molecule has 0 aliphatic rings. The quantitative estimate of drug-likeness (QED) is 0.543. The van der Waals surface area contributed by atoms with Crippen molar-refractivity contribution in [3.63, 3.8) is 0 Å². The molecule has 0 saturated heterocycles. The lowest BCUT2D eigenvalue weighted by Gasteiger charge is -2.11. The second kappa shape index (κ2) is 10.6. The minimum Gasteiger partial charge on any atom is -0.462 e. The largest absolute Gasteiger partial charge is 0.462 e. The second-order valence-electron chi connectivity index (χ2n) is 4.61. The van der Waals surface area contributed by atoms with Gasteiger partial charge in [-0.25, -0.2) is 9.59 Å². The summed E-state index contributed by atoms with van der Waals surface area (Å²) in [5.74, 6) is -0.452. The van der Waals surface area contributed by atoms with Gasteiger partial charge >= 0.3 is 12.0 Å². The Labute approximate surface area is 131 Å². The molecule has 6 heteroatoms. The topological polar surface area (TPSA) is 76.7 Å². The van der Waals surface area contributed by atoms with E-state index in [9.17, 15) is 9.59 Å². The summed E-state index contributed by atoms with van der Waals surface area (Å²) in [7, 11) is 0. The number of rotatable bonds is 9. The van der Waals surface area contributed by atoms with E-state index in [1.165, 1.54) is 0 Å². The summed E-state index contributed by atoms with van der Waals surface area (Å²) in [6, 6.07) is 6.40. The normalized spacial score (nSPS) is 10.1. The summed E-state index contributed by atoms with van der Waals surface area (Å²) in [5.41, 5.74) is 0.770. The molecule has 2 N–H and O–H groups in total. The van der Waals surface area contributed by atoms with Crippen LogP contribution in [0.1, 0.15) is 37.0 Å². The number of urea groups is 1. The van der Waals surface area contributed by atoms with Gasteiger partial charge in [-0.3, -0.25) is 0 Å². The number of nitrogens with one attached hydrogen (secondary N) is 2. The zero-order chi connectivity index (χ0) is 16.2. The van der Waals surface area contributed by atoms with E-state index in [-0.39, 0.29) is 12.6 Å². The molecule has 0 unspecified atom stereocenters. The monoisotopic (exact) mass is 308 g/mol. The smallest absolute Gasteiger partial charge is 0.340 e. The fourth-order valence-electron chi connectivity index (χ4n) is 1.77. The van der Waals surface area contributed by atoms with Crippen LogP contribution in [0.3, 0.4) is 0 Å². The van der Waals surface area contributed by atoms with Gasteiger partial charge in [-0.15, -0.1) is 0 Å². The van der Waals surface area contributed by atoms with Gasteiger partial charge in [0.05, 0.1) is 17.9 Å². The number of anilines is 1. The minimum atomic E-state index is -0.452. The third-order valence-electron chi connectivity index (χ3n) is 2.77. The Morgan fingerprint density at radius 2 is 1.91 bits per heavy atom. The van der Waals surface area contributed by atoms with Crippen LogP contribution in [0.2, 0.25) is 0 Å². The first-order chi connectivity index (χ1) is 10.7. The Morgan fingerprint density at radius 1 is 1.14 bits per heavy atom. The van der Waals surface area contributed by atoms with E-state index in [0.29, 0.717) is 24.4 Å². The molecule has 0 saturated carbocycles. The van der Waals surface area contributed by atoms with Crippen molar-refractivity contribution in [2.45, 2.75) is 26.7 Å². The Hall–Kier alpha value is -2.08. The van der Waals surface area contributed by atoms with Gasteiger partial charge in [0.15, 0.2) is 0 Å². The highest BCUT2D eigenvalue weighted by atomic mass is 16.5. The summed E-state index contributed by atoms with van der Waals surface area (Å²) in [6.45, 7) is 5.94. The number of hydrogen-bond donors (Lipinski definition) is 2. The lowest BCUT2D eigenvalue weighted by atomic mass is 10.2. The number of esters is 1. The fourth-order valence-corrected chi connectivity index (χ4v) is 1.77. The molecule has 2 amide bonds. The van der Waals surface area contributed by atoms with Crippen molar-refractivity contribution in [2.75, 3.05) is 31.7 Å². The highest BCUT2D eigenvalue weighted by molar-refractivity contribution is 6.00. The Morgan fingerprint density at radius 3 is 2.64 bits per heavy atom. The maximum atomic E-state index is 11.8. The van der Waals surface area contributed by atoms with Crippen LogP contribution in [-0.4, -0.2) is 38.4 Å². The third-order valence-corrected chi connectivity index (χ3v) is 2.77. The molecule has 0 bridgehead atoms. The summed E-state index contributed by atoms with van der Waals surface area (Å²) in [5, 5.41) is 5.38. The van der Waals surface area contributed by atoms with Crippen molar-refractivity contribution in [1.29, 1.82) is 0 Å². The number of benzene rings is 1. The van der Waals surface area contributed by atoms with E-state index in [1.54, 1.807) is 31.2 Å². The lowest BCUT2D eigenvalue weighted by Crippen LogP contribution is -2.30. The molecule has 6 nitrogen and oxygen atoms in total. The van der Waals surface area contributed by atoms with Crippen molar-refractivity contribution in [1.82, 2.24) is 5.32 Å². The van der Waals surface area contributed by atoms with Crippen LogP contribution in [-0.2, 0) is 9.47 Å². The SMILES string of the molecule is CCCOCCCNC(=O)Nc1ccccc1C(=O)OCC. The van der Waals surface area contributed by atoms with Crippen molar-refractivity contribution >= 4 is 17.7 Å². The minimum absolute atomic E-state index is 0.289. The number of carbonyl (C=O) groups is 2. The van der Waals surface area contributed by atoms with Crippen LogP contribution in [0.15, 0.2) is 24.3 Å². The van der Waals surface area contributed by atoms with E-state index < -0.39 is 5.97 Å². The second-order valence-corrected chi connectivity index (χ2v) is 4.61. The predicted octanol–water partition coefficient (Wildman–Crippen LogP) is 2.80. The van der Waals surface area contributed by atoms with Gasteiger partial charge in [-0.2, -0.15) is 0 Å². The van der Waals surface area contributed by atoms with Crippen LogP contribution >= 0.6 is 0 Å². The molecule has 0 atom stereocenters. The fraction of sp³-hybridized carbons (Fsp3) is 0.500. The molecule has 0 aliphatic carbocycles. The van der Waals surface area contributed by atoms with Crippen molar-refractivity contribution < 1.29 is 19.1 Å². The summed E-state index contributed by atoms with van der Waals surface area (Å²) in [6.07, 6.45) is 1.73. The van der Waals surface area contributed by atoms with Crippen LogP contribution in [0.25, 0.3) is 0 Å². The highest BCUT2D eigenvalue weighted by Gasteiger charge is 2.13. The molecule has 0 fully saturated rings. The van der Waals surface area contributed by atoms with Gasteiger partial charge in [-0.05, 0) is 31.9 Å². The number of para-hydroxylation sites is 1. The molecule has 22 heavy (non-hydrogen) atoms. The van der Waals surface area contributed by atoms with E-state index in [4.69, 9.17) is 9.47 Å². The molecule has 122 valence electrons. The summed E-state index contributed by atoms with van der Waals surface area (Å²) >= 11 is 0. The molecule has 0 radical (unpaired) electrons. The number of carbonyl (C=O) groups excluding carboxylic acids is 2. The standard InChI is InChI=1S/C16H24N2O4/c1-3-11-21-12-7-10-17-16(20)18-14-9-6-5-8-13(14)15(19)22-4-2/h5-6,8-9H,3-4,7,10-12H2,1-2H3,(H2,17,18,20). The van der Waals surface area contributed by atoms with E-state index in [1.807, 2.05) is 6.92 Å². The summed E-state index contributed by atoms with van der Waals surface area (Å²) < 4.78 is 10.3. The molecule has 0 aliphatic heterocycles. The number of ether oxygens (including phenoxy) is 2. The molecule has 0 heterocycles. The molecule has 1 aromatic rings. The Balaban J connectivity index is 2.42. The van der Waals surface area contributed by atoms with Gasteiger partial charge in [0, 0.05) is 19.8 Å². The molecule has 0 spiro atoms. The first-order valence-electron chi connectivity index (χ1n) is 7.57.